The number of benzene rings is 2. The van der Waals surface area contributed by atoms with Crippen molar-refractivity contribution in [2.75, 3.05) is 57.2 Å². The summed E-state index contributed by atoms with van der Waals surface area (Å²) in [5.74, 6) is 0.828. The first-order chi connectivity index (χ1) is 15.7. The quantitative estimate of drug-likeness (QED) is 0.419. The van der Waals surface area contributed by atoms with E-state index in [1.54, 1.807) is 23.1 Å². The smallest absolute Gasteiger partial charge is 0.261 e. The predicted molar refractivity (Wildman–Crippen MR) is 133 cm³/mol. The third-order valence-corrected chi connectivity index (χ3v) is 7.27. The molecule has 0 atom stereocenters. The van der Waals surface area contributed by atoms with Crippen LogP contribution in [0.2, 0.25) is 0 Å². The van der Waals surface area contributed by atoms with Crippen LogP contribution in [0.4, 0.5) is 5.13 Å². The summed E-state index contributed by atoms with van der Waals surface area (Å²) < 4.78 is 12.1. The highest BCUT2D eigenvalue weighted by atomic mass is 32.2. The Morgan fingerprint density at radius 2 is 2.06 bits per heavy atom. The van der Waals surface area contributed by atoms with Crippen LogP contribution in [0.25, 0.3) is 10.2 Å². The van der Waals surface area contributed by atoms with E-state index in [1.165, 1.54) is 0 Å². The fourth-order valence-electron chi connectivity index (χ4n) is 3.79. The Kier molecular flexibility index (Phi) is 8.02. The first-order valence-corrected chi connectivity index (χ1v) is 13.0. The summed E-state index contributed by atoms with van der Waals surface area (Å²) in [6.45, 7) is 7.62. The largest absolute Gasteiger partial charge is 0.494 e. The van der Waals surface area contributed by atoms with Gasteiger partial charge in [0.05, 0.1) is 35.6 Å². The number of rotatable bonds is 9. The van der Waals surface area contributed by atoms with Gasteiger partial charge in [0.25, 0.3) is 5.91 Å². The molecule has 0 saturated carbocycles. The molecule has 0 bridgehead atoms. The Hall–Kier alpha value is -2.13. The highest BCUT2D eigenvalue weighted by Gasteiger charge is 2.23. The number of morpholine rings is 1. The number of ether oxygens (including phenoxy) is 2. The van der Waals surface area contributed by atoms with Gasteiger partial charge >= 0.3 is 0 Å². The third-order valence-electron chi connectivity index (χ3n) is 5.43. The molecule has 0 unspecified atom stereocenters. The molecule has 32 heavy (non-hydrogen) atoms. The summed E-state index contributed by atoms with van der Waals surface area (Å²) >= 11 is 3.13. The van der Waals surface area contributed by atoms with Crippen LogP contribution in [0.15, 0.2) is 47.4 Å². The first-order valence-electron chi connectivity index (χ1n) is 11.0. The Morgan fingerprint density at radius 1 is 1.25 bits per heavy atom. The molecular formula is C24H29N3O3S2. The van der Waals surface area contributed by atoms with E-state index in [9.17, 15) is 4.79 Å². The molecule has 0 N–H and O–H groups in total. The van der Waals surface area contributed by atoms with Crippen LogP contribution in [0, 0.1) is 0 Å². The SMILES string of the molecule is CCOc1ccc2nc(N(CCCN3CCOCC3)C(=O)c3ccccc3SC)sc2c1. The number of thiazole rings is 1. The van der Waals surface area contributed by atoms with Gasteiger partial charge in [0, 0.05) is 31.1 Å². The van der Waals surface area contributed by atoms with Crippen LogP contribution in [0.5, 0.6) is 5.75 Å². The van der Waals surface area contributed by atoms with Crippen molar-refractivity contribution in [2.24, 2.45) is 0 Å². The van der Waals surface area contributed by atoms with Crippen molar-refractivity contribution in [1.82, 2.24) is 9.88 Å². The van der Waals surface area contributed by atoms with E-state index < -0.39 is 0 Å². The Balaban J connectivity index is 1.60. The van der Waals surface area contributed by atoms with Crippen LogP contribution in [0.3, 0.4) is 0 Å². The van der Waals surface area contributed by atoms with Crippen molar-refractivity contribution in [2.45, 2.75) is 18.2 Å². The molecule has 1 saturated heterocycles. The van der Waals surface area contributed by atoms with E-state index >= 15 is 0 Å². The van der Waals surface area contributed by atoms with Crippen molar-refractivity contribution in [3.05, 3.63) is 48.0 Å². The second-order valence-corrected chi connectivity index (χ2v) is 9.38. The number of amides is 1. The summed E-state index contributed by atoms with van der Waals surface area (Å²) in [6, 6.07) is 13.7. The summed E-state index contributed by atoms with van der Waals surface area (Å²) in [6.07, 6.45) is 2.88. The summed E-state index contributed by atoms with van der Waals surface area (Å²) in [5.41, 5.74) is 1.61. The van der Waals surface area contributed by atoms with Gasteiger partial charge in [-0.05, 0) is 49.9 Å². The molecule has 3 aromatic rings. The maximum Gasteiger partial charge on any atom is 0.261 e. The number of thioether (sulfide) groups is 1. The minimum atomic E-state index is 0.000940. The van der Waals surface area contributed by atoms with Gasteiger partial charge < -0.3 is 9.47 Å². The van der Waals surface area contributed by atoms with Gasteiger partial charge in [0.15, 0.2) is 5.13 Å². The zero-order valence-corrected chi connectivity index (χ0v) is 20.2. The number of aromatic nitrogens is 1. The Morgan fingerprint density at radius 3 is 2.84 bits per heavy atom. The lowest BCUT2D eigenvalue weighted by molar-refractivity contribution is 0.0376. The number of carbonyl (C=O) groups is 1. The van der Waals surface area contributed by atoms with Crippen molar-refractivity contribution in [3.8, 4) is 5.75 Å². The summed E-state index contributed by atoms with van der Waals surface area (Å²) in [4.78, 5) is 23.7. The summed E-state index contributed by atoms with van der Waals surface area (Å²) in [5, 5.41) is 0.733. The van der Waals surface area contributed by atoms with Gasteiger partial charge in [-0.15, -0.1) is 11.8 Å². The minimum Gasteiger partial charge on any atom is -0.494 e. The highest BCUT2D eigenvalue weighted by molar-refractivity contribution is 7.98. The van der Waals surface area contributed by atoms with Crippen molar-refractivity contribution in [1.29, 1.82) is 0 Å². The zero-order valence-electron chi connectivity index (χ0n) is 18.6. The maximum atomic E-state index is 13.7. The second kappa shape index (κ2) is 11.1. The molecule has 1 aliphatic heterocycles. The lowest BCUT2D eigenvalue weighted by Crippen LogP contribution is -2.39. The highest BCUT2D eigenvalue weighted by Crippen LogP contribution is 2.33. The zero-order chi connectivity index (χ0) is 22.3. The number of anilines is 1. The molecule has 0 aliphatic carbocycles. The number of carbonyl (C=O) groups excluding carboxylic acids is 1. The number of fused-ring (bicyclic) bond motifs is 1. The van der Waals surface area contributed by atoms with E-state index in [0.717, 1.165) is 70.8 Å². The Labute approximate surface area is 197 Å². The van der Waals surface area contributed by atoms with Gasteiger partial charge in [-0.25, -0.2) is 4.98 Å². The van der Waals surface area contributed by atoms with Gasteiger partial charge in [-0.1, -0.05) is 23.5 Å². The standard InChI is InChI=1S/C24H29N3O3S2/c1-3-30-18-9-10-20-22(17-18)32-24(25-20)27(12-6-11-26-13-15-29-16-14-26)23(28)19-7-4-5-8-21(19)31-2/h4-5,7-10,17H,3,6,11-16H2,1-2H3. The van der Waals surface area contributed by atoms with Crippen molar-refractivity contribution < 1.29 is 14.3 Å². The number of hydrogen-bond acceptors (Lipinski definition) is 7. The van der Waals surface area contributed by atoms with E-state index in [0.29, 0.717) is 13.2 Å². The maximum absolute atomic E-state index is 13.7. The van der Waals surface area contributed by atoms with E-state index in [4.69, 9.17) is 14.5 Å². The normalized spacial score (nSPS) is 14.6. The van der Waals surface area contributed by atoms with E-state index in [-0.39, 0.29) is 5.91 Å². The van der Waals surface area contributed by atoms with Gasteiger partial charge in [-0.2, -0.15) is 0 Å². The minimum absolute atomic E-state index is 0.000940. The molecule has 1 aromatic heterocycles. The number of nitrogens with zero attached hydrogens (tertiary/aromatic N) is 3. The van der Waals surface area contributed by atoms with Crippen molar-refractivity contribution in [3.63, 3.8) is 0 Å². The van der Waals surface area contributed by atoms with Crippen molar-refractivity contribution >= 4 is 44.4 Å². The van der Waals surface area contributed by atoms with E-state index in [2.05, 4.69) is 4.90 Å². The Bertz CT molecular complexity index is 1050. The molecular weight excluding hydrogens is 442 g/mol. The molecule has 2 aromatic carbocycles. The molecule has 8 heteroatoms. The lowest BCUT2D eigenvalue weighted by atomic mass is 10.2. The third kappa shape index (κ3) is 5.43. The molecule has 1 amide bonds. The van der Waals surface area contributed by atoms with Crippen LogP contribution >= 0.6 is 23.1 Å². The van der Waals surface area contributed by atoms with Crippen LogP contribution in [-0.4, -0.2) is 68.0 Å². The molecule has 1 aliphatic rings. The predicted octanol–water partition coefficient (Wildman–Crippen LogP) is 4.79. The average molecular weight is 472 g/mol. The van der Waals surface area contributed by atoms with Gasteiger partial charge in [0.2, 0.25) is 0 Å². The van der Waals surface area contributed by atoms with Crippen LogP contribution < -0.4 is 9.64 Å². The molecule has 1 fully saturated rings. The second-order valence-electron chi connectivity index (χ2n) is 7.52. The topological polar surface area (TPSA) is 54.9 Å². The van der Waals surface area contributed by atoms with E-state index in [1.807, 2.05) is 60.5 Å². The number of hydrogen-bond donors (Lipinski definition) is 0. The van der Waals surface area contributed by atoms with Crippen LogP contribution in [0.1, 0.15) is 23.7 Å². The molecule has 0 spiro atoms. The molecule has 2 heterocycles. The molecule has 0 radical (unpaired) electrons. The molecule has 4 rings (SSSR count). The molecule has 170 valence electrons. The average Bonchev–Trinajstić information content (AvgIpc) is 3.25. The summed E-state index contributed by atoms with van der Waals surface area (Å²) in [7, 11) is 0. The fraction of sp³-hybridized carbons (Fsp3) is 0.417. The first kappa shape index (κ1) is 23.0. The monoisotopic (exact) mass is 471 g/mol. The van der Waals surface area contributed by atoms with Crippen LogP contribution in [-0.2, 0) is 4.74 Å². The fourth-order valence-corrected chi connectivity index (χ4v) is 5.40. The van der Waals surface area contributed by atoms with Gasteiger partial charge in [-0.3, -0.25) is 14.6 Å². The lowest BCUT2D eigenvalue weighted by Gasteiger charge is -2.28. The molecule has 6 nitrogen and oxygen atoms in total. The van der Waals surface area contributed by atoms with Gasteiger partial charge in [0.1, 0.15) is 5.75 Å².